The molecule has 1 heterocycles. The van der Waals surface area contributed by atoms with Crippen molar-refractivity contribution in [2.75, 3.05) is 20.1 Å². The number of hydrogen-bond donors (Lipinski definition) is 1. The predicted molar refractivity (Wildman–Crippen MR) is 124 cm³/mol. The monoisotopic (exact) mass is 414 g/mol. The van der Waals surface area contributed by atoms with Crippen LogP contribution in [-0.4, -0.2) is 47.2 Å². The average molecular weight is 415 g/mol. The number of rotatable bonds is 5. The Bertz CT molecular complexity index is 895. The van der Waals surface area contributed by atoms with Gasteiger partial charge in [-0.25, -0.2) is 4.79 Å². The highest BCUT2D eigenvalue weighted by molar-refractivity contribution is 5.65. The van der Waals surface area contributed by atoms with Gasteiger partial charge in [0, 0.05) is 20.1 Å². The summed E-state index contributed by atoms with van der Waals surface area (Å²) in [4.78, 5) is 15.8. The van der Waals surface area contributed by atoms with Crippen LogP contribution in [0, 0.1) is 5.92 Å². The van der Waals surface area contributed by atoms with Crippen molar-refractivity contribution < 1.29 is 9.90 Å². The third-order valence-electron chi connectivity index (χ3n) is 6.77. The molecule has 160 valence electrons. The van der Waals surface area contributed by atoms with Crippen LogP contribution >= 0.6 is 0 Å². The lowest BCUT2D eigenvalue weighted by Gasteiger charge is -2.51. The first kappa shape index (κ1) is 21.1. The highest BCUT2D eigenvalue weighted by Crippen LogP contribution is 2.44. The summed E-state index contributed by atoms with van der Waals surface area (Å²) in [6.45, 7) is 3.73. The standard InChI is InChI=1S/C27H30N2O2/c1-21-18-19-29(20-25(21)28(2)26(30)31)27(22-12-6-3-7-13-22,23-14-8-4-9-15-23)24-16-10-5-11-17-24/h3-17,21,25H,18-20H2,1-2H3,(H,30,31). The molecule has 0 bridgehead atoms. The fourth-order valence-electron chi connectivity index (χ4n) is 5.09. The van der Waals surface area contributed by atoms with Crippen molar-refractivity contribution in [3.05, 3.63) is 108 Å². The molecule has 0 aliphatic carbocycles. The van der Waals surface area contributed by atoms with Crippen molar-refractivity contribution in [3.63, 3.8) is 0 Å². The zero-order valence-corrected chi connectivity index (χ0v) is 18.2. The Morgan fingerprint density at radius 3 is 1.68 bits per heavy atom. The topological polar surface area (TPSA) is 43.8 Å². The Hall–Kier alpha value is -3.11. The third kappa shape index (κ3) is 3.84. The van der Waals surface area contributed by atoms with Crippen molar-refractivity contribution in [2.24, 2.45) is 5.92 Å². The lowest BCUT2D eigenvalue weighted by Crippen LogP contribution is -2.59. The van der Waals surface area contributed by atoms with Crippen LogP contribution in [0.2, 0.25) is 0 Å². The molecule has 4 heteroatoms. The molecule has 1 fully saturated rings. The van der Waals surface area contributed by atoms with E-state index in [0.717, 1.165) is 13.0 Å². The summed E-state index contributed by atoms with van der Waals surface area (Å²) in [6.07, 6.45) is 0.0692. The normalized spacial score (nSPS) is 19.7. The van der Waals surface area contributed by atoms with Crippen molar-refractivity contribution in [2.45, 2.75) is 24.9 Å². The van der Waals surface area contributed by atoms with Crippen molar-refractivity contribution in [1.29, 1.82) is 0 Å². The minimum atomic E-state index is -0.872. The molecule has 2 unspecified atom stereocenters. The number of nitrogens with zero attached hydrogens (tertiary/aromatic N) is 2. The van der Waals surface area contributed by atoms with Crippen LogP contribution in [0.4, 0.5) is 4.79 Å². The van der Waals surface area contributed by atoms with Gasteiger partial charge < -0.3 is 10.0 Å². The molecule has 0 saturated carbocycles. The second-order valence-electron chi connectivity index (χ2n) is 8.48. The van der Waals surface area contributed by atoms with Crippen LogP contribution in [0.1, 0.15) is 30.0 Å². The second-order valence-corrected chi connectivity index (χ2v) is 8.48. The van der Waals surface area contributed by atoms with E-state index in [-0.39, 0.29) is 6.04 Å². The van der Waals surface area contributed by atoms with Gasteiger partial charge in [0.25, 0.3) is 0 Å². The molecule has 2 atom stereocenters. The Kier molecular flexibility index (Phi) is 6.10. The van der Waals surface area contributed by atoms with Gasteiger partial charge in [-0.05, 0) is 29.0 Å². The number of benzene rings is 3. The molecular weight excluding hydrogens is 384 g/mol. The predicted octanol–water partition coefficient (Wildman–Crippen LogP) is 5.30. The second kappa shape index (κ2) is 8.94. The summed E-state index contributed by atoms with van der Waals surface area (Å²) in [5.74, 6) is 0.303. The number of carbonyl (C=O) groups is 1. The van der Waals surface area contributed by atoms with E-state index in [4.69, 9.17) is 0 Å². The first-order chi connectivity index (χ1) is 15.0. The van der Waals surface area contributed by atoms with E-state index in [1.54, 1.807) is 7.05 Å². The molecule has 1 aliphatic heterocycles. The number of piperidine rings is 1. The smallest absolute Gasteiger partial charge is 0.407 e. The van der Waals surface area contributed by atoms with Crippen molar-refractivity contribution in [1.82, 2.24) is 9.80 Å². The maximum Gasteiger partial charge on any atom is 0.407 e. The summed E-state index contributed by atoms with van der Waals surface area (Å²) >= 11 is 0. The third-order valence-corrected chi connectivity index (χ3v) is 6.77. The Morgan fingerprint density at radius 2 is 1.29 bits per heavy atom. The first-order valence-electron chi connectivity index (χ1n) is 10.9. The van der Waals surface area contributed by atoms with Crippen LogP contribution in [-0.2, 0) is 5.54 Å². The van der Waals surface area contributed by atoms with Gasteiger partial charge in [-0.1, -0.05) is 97.9 Å². The Labute approximate surface area is 184 Å². The van der Waals surface area contributed by atoms with Crippen molar-refractivity contribution in [3.8, 4) is 0 Å². The van der Waals surface area contributed by atoms with Gasteiger partial charge in [-0.3, -0.25) is 4.90 Å². The molecule has 0 spiro atoms. The first-order valence-corrected chi connectivity index (χ1v) is 10.9. The molecule has 1 amide bonds. The zero-order chi connectivity index (χ0) is 21.8. The largest absolute Gasteiger partial charge is 0.465 e. The fourth-order valence-corrected chi connectivity index (χ4v) is 5.09. The minimum absolute atomic E-state index is 0.0678. The Balaban J connectivity index is 1.93. The van der Waals surface area contributed by atoms with Crippen LogP contribution < -0.4 is 0 Å². The number of carboxylic acid groups (broad SMARTS) is 1. The molecule has 1 N–H and O–H groups in total. The molecular formula is C27H30N2O2. The molecule has 1 aliphatic rings. The maximum absolute atomic E-state index is 11.8. The van der Waals surface area contributed by atoms with E-state index < -0.39 is 11.6 Å². The van der Waals surface area contributed by atoms with Crippen molar-refractivity contribution >= 4 is 6.09 Å². The quantitative estimate of drug-likeness (QED) is 0.576. The summed E-state index contributed by atoms with van der Waals surface area (Å²) in [7, 11) is 1.70. The highest BCUT2D eigenvalue weighted by atomic mass is 16.4. The fraction of sp³-hybridized carbons (Fsp3) is 0.296. The van der Waals surface area contributed by atoms with Crippen LogP contribution in [0.25, 0.3) is 0 Å². The molecule has 3 aromatic rings. The van der Waals surface area contributed by atoms with Gasteiger partial charge >= 0.3 is 6.09 Å². The lowest BCUT2D eigenvalue weighted by atomic mass is 9.74. The van der Waals surface area contributed by atoms with E-state index in [2.05, 4.69) is 84.6 Å². The molecule has 31 heavy (non-hydrogen) atoms. The van der Waals surface area contributed by atoms with Gasteiger partial charge in [-0.15, -0.1) is 0 Å². The average Bonchev–Trinajstić information content (AvgIpc) is 2.82. The molecule has 4 nitrogen and oxygen atoms in total. The van der Waals surface area contributed by atoms with Gasteiger partial charge in [0.05, 0.1) is 11.6 Å². The lowest BCUT2D eigenvalue weighted by molar-refractivity contribution is 0.0343. The van der Waals surface area contributed by atoms with Crippen LogP contribution in [0.15, 0.2) is 91.0 Å². The van der Waals surface area contributed by atoms with E-state index in [9.17, 15) is 9.90 Å². The summed E-state index contributed by atoms with van der Waals surface area (Å²) in [5.41, 5.74) is 3.08. The van der Waals surface area contributed by atoms with E-state index in [1.165, 1.54) is 21.6 Å². The van der Waals surface area contributed by atoms with E-state index in [1.807, 2.05) is 18.2 Å². The molecule has 1 saturated heterocycles. The number of likely N-dealkylation sites (N-methyl/N-ethyl adjacent to an activating group) is 1. The van der Waals surface area contributed by atoms with Gasteiger partial charge in [-0.2, -0.15) is 0 Å². The summed E-state index contributed by atoms with van der Waals surface area (Å²) in [6, 6.07) is 31.7. The van der Waals surface area contributed by atoms with Gasteiger partial charge in [0.2, 0.25) is 0 Å². The van der Waals surface area contributed by atoms with Crippen LogP contribution in [0.3, 0.4) is 0 Å². The van der Waals surface area contributed by atoms with Gasteiger partial charge in [0.15, 0.2) is 0 Å². The van der Waals surface area contributed by atoms with E-state index >= 15 is 0 Å². The SMILES string of the molecule is CC1CCN(C(c2ccccc2)(c2ccccc2)c2ccccc2)CC1N(C)C(=O)O. The van der Waals surface area contributed by atoms with E-state index in [0.29, 0.717) is 12.5 Å². The molecule has 0 radical (unpaired) electrons. The molecule has 0 aromatic heterocycles. The Morgan fingerprint density at radius 1 is 0.871 bits per heavy atom. The summed E-state index contributed by atoms with van der Waals surface area (Å²) in [5, 5.41) is 9.70. The maximum atomic E-state index is 11.8. The molecule has 4 rings (SSSR count). The zero-order valence-electron chi connectivity index (χ0n) is 18.2. The highest BCUT2D eigenvalue weighted by Gasteiger charge is 2.45. The van der Waals surface area contributed by atoms with Crippen LogP contribution in [0.5, 0.6) is 0 Å². The van der Waals surface area contributed by atoms with Gasteiger partial charge in [0.1, 0.15) is 0 Å². The number of likely N-dealkylation sites (tertiary alicyclic amines) is 1. The number of hydrogen-bond acceptors (Lipinski definition) is 2. The number of amides is 1. The minimum Gasteiger partial charge on any atom is -0.465 e. The molecule has 3 aromatic carbocycles. The summed E-state index contributed by atoms with van der Waals surface area (Å²) < 4.78 is 0.